The van der Waals surface area contributed by atoms with Crippen LogP contribution in [0.25, 0.3) is 0 Å². The van der Waals surface area contributed by atoms with E-state index in [1.54, 1.807) is 12.1 Å². The number of alkyl halides is 3. The monoisotopic (exact) mass is 319 g/mol. The van der Waals surface area contributed by atoms with Crippen LogP contribution in [0, 0.1) is 0 Å². The predicted molar refractivity (Wildman–Crippen MR) is 83.9 cm³/mol. The average Bonchev–Trinajstić information content (AvgIpc) is 2.36. The summed E-state index contributed by atoms with van der Waals surface area (Å²) in [6.45, 7) is 6.12. The van der Waals surface area contributed by atoms with Crippen LogP contribution in [0.4, 0.5) is 13.2 Å². The van der Waals surface area contributed by atoms with Crippen LogP contribution in [0.2, 0.25) is 0 Å². The van der Waals surface area contributed by atoms with Crippen molar-refractivity contribution in [2.45, 2.75) is 62.4 Å². The third-order valence-corrected chi connectivity index (χ3v) is 4.19. The lowest BCUT2D eigenvalue weighted by Crippen LogP contribution is -2.20. The van der Waals surface area contributed by atoms with Crippen molar-refractivity contribution in [3.8, 4) is 0 Å². The molecule has 1 atom stereocenters. The van der Waals surface area contributed by atoms with Gasteiger partial charge in [-0.2, -0.15) is 13.2 Å². The van der Waals surface area contributed by atoms with Gasteiger partial charge in [-0.05, 0) is 74.2 Å². The van der Waals surface area contributed by atoms with Crippen LogP contribution in [-0.2, 0) is 6.42 Å². The smallest absolute Gasteiger partial charge is 0.317 e. The van der Waals surface area contributed by atoms with Gasteiger partial charge in [0.05, 0.1) is 0 Å². The lowest BCUT2D eigenvalue weighted by molar-refractivity contribution is -0.0328. The van der Waals surface area contributed by atoms with E-state index in [9.17, 15) is 13.2 Å². The van der Waals surface area contributed by atoms with Crippen LogP contribution in [0.15, 0.2) is 23.1 Å². The molecular weight excluding hydrogens is 295 g/mol. The molecule has 0 unspecified atom stereocenters. The minimum absolute atomic E-state index is 0.0216. The molecule has 21 heavy (non-hydrogen) atoms. The number of hydrogen-bond donors (Lipinski definition) is 1. The molecule has 0 aliphatic carbocycles. The minimum atomic E-state index is -4.23. The molecule has 120 valence electrons. The van der Waals surface area contributed by atoms with Crippen molar-refractivity contribution in [3.05, 3.63) is 29.3 Å². The van der Waals surface area contributed by atoms with Gasteiger partial charge in [-0.1, -0.05) is 19.9 Å². The fraction of sp³-hybridized carbons (Fsp3) is 0.625. The van der Waals surface area contributed by atoms with Gasteiger partial charge in [0.1, 0.15) is 0 Å². The molecule has 0 radical (unpaired) electrons. The summed E-state index contributed by atoms with van der Waals surface area (Å²) < 4.78 is 37.7. The van der Waals surface area contributed by atoms with Crippen LogP contribution >= 0.6 is 11.8 Å². The highest BCUT2D eigenvalue weighted by Crippen LogP contribution is 2.38. The van der Waals surface area contributed by atoms with Crippen molar-refractivity contribution in [1.82, 2.24) is 5.32 Å². The Kier molecular flexibility index (Phi) is 7.07. The molecule has 0 amide bonds. The molecular formula is C16H24F3NS. The molecule has 0 aliphatic heterocycles. The molecule has 1 rings (SSSR count). The van der Waals surface area contributed by atoms with E-state index in [1.807, 2.05) is 27.0 Å². The molecule has 0 saturated heterocycles. The van der Waals surface area contributed by atoms with E-state index in [-0.39, 0.29) is 17.7 Å². The molecule has 0 aliphatic rings. The second-order valence-corrected chi connectivity index (χ2v) is 6.83. The Morgan fingerprint density at radius 3 is 2.33 bits per heavy atom. The summed E-state index contributed by atoms with van der Waals surface area (Å²) in [6.07, 6.45) is 2.81. The number of nitrogens with one attached hydrogen (secondary N) is 1. The van der Waals surface area contributed by atoms with Crippen molar-refractivity contribution >= 4 is 11.8 Å². The fourth-order valence-electron chi connectivity index (χ4n) is 2.11. The highest BCUT2D eigenvalue weighted by Gasteiger charge is 2.29. The van der Waals surface area contributed by atoms with Crippen LogP contribution in [-0.4, -0.2) is 18.6 Å². The van der Waals surface area contributed by atoms with E-state index < -0.39 is 5.51 Å². The number of aryl methyl sites for hydroxylation is 1. The van der Waals surface area contributed by atoms with Gasteiger partial charge in [-0.15, -0.1) is 0 Å². The number of rotatable bonds is 7. The van der Waals surface area contributed by atoms with Gasteiger partial charge in [-0.3, -0.25) is 0 Å². The summed E-state index contributed by atoms with van der Waals surface area (Å²) in [5.41, 5.74) is -2.26. The summed E-state index contributed by atoms with van der Waals surface area (Å²) in [7, 11) is 1.92. The van der Waals surface area contributed by atoms with E-state index in [4.69, 9.17) is 0 Å². The first-order chi connectivity index (χ1) is 9.71. The van der Waals surface area contributed by atoms with Crippen molar-refractivity contribution in [1.29, 1.82) is 0 Å². The van der Waals surface area contributed by atoms with Gasteiger partial charge in [0.2, 0.25) is 0 Å². The topological polar surface area (TPSA) is 12.0 Å². The second kappa shape index (κ2) is 8.08. The van der Waals surface area contributed by atoms with Crippen molar-refractivity contribution in [2.75, 3.05) is 7.05 Å². The molecule has 5 heteroatoms. The summed E-state index contributed by atoms with van der Waals surface area (Å²) in [6, 6.07) is 5.80. The number of hydrogen-bond acceptors (Lipinski definition) is 2. The molecule has 0 fully saturated rings. The van der Waals surface area contributed by atoms with Crippen LogP contribution in [0.5, 0.6) is 0 Å². The molecule has 1 aromatic rings. The van der Waals surface area contributed by atoms with Gasteiger partial charge in [0.25, 0.3) is 0 Å². The van der Waals surface area contributed by atoms with E-state index in [1.165, 1.54) is 0 Å². The molecule has 1 nitrogen and oxygen atoms in total. The van der Waals surface area contributed by atoms with E-state index in [0.717, 1.165) is 30.4 Å². The fourth-order valence-corrected chi connectivity index (χ4v) is 2.79. The first-order valence-corrected chi connectivity index (χ1v) is 8.09. The van der Waals surface area contributed by atoms with Crippen LogP contribution in [0.3, 0.4) is 0 Å². The Labute approximate surface area is 129 Å². The lowest BCUT2D eigenvalue weighted by Gasteiger charge is -2.14. The zero-order valence-corrected chi connectivity index (χ0v) is 13.9. The van der Waals surface area contributed by atoms with Crippen molar-refractivity contribution in [2.24, 2.45) is 0 Å². The molecule has 0 aromatic heterocycles. The summed E-state index contributed by atoms with van der Waals surface area (Å²) in [5.74, 6) is 0.230. The zero-order valence-electron chi connectivity index (χ0n) is 13.1. The number of thioether (sulfide) groups is 1. The maximum atomic E-state index is 12.6. The Bertz CT molecular complexity index is 444. The van der Waals surface area contributed by atoms with Crippen molar-refractivity contribution < 1.29 is 13.2 Å². The molecule has 0 bridgehead atoms. The summed E-state index contributed by atoms with van der Waals surface area (Å²) in [4.78, 5) is 0.297. The summed E-state index contributed by atoms with van der Waals surface area (Å²) in [5, 5.41) is 3.17. The molecule has 1 aromatic carbocycles. The van der Waals surface area contributed by atoms with Gasteiger partial charge >= 0.3 is 5.51 Å². The first-order valence-electron chi connectivity index (χ1n) is 7.28. The Hall–Kier alpha value is -0.680. The average molecular weight is 319 g/mol. The molecule has 0 heterocycles. The second-order valence-electron chi connectivity index (χ2n) is 5.69. The lowest BCUT2D eigenvalue weighted by atomic mass is 9.98. The third-order valence-electron chi connectivity index (χ3n) is 3.48. The number of benzene rings is 1. The van der Waals surface area contributed by atoms with Gasteiger partial charge in [0, 0.05) is 10.9 Å². The van der Waals surface area contributed by atoms with Gasteiger partial charge < -0.3 is 5.32 Å². The van der Waals surface area contributed by atoms with Gasteiger partial charge in [0.15, 0.2) is 0 Å². The Morgan fingerprint density at radius 1 is 1.14 bits per heavy atom. The molecule has 1 N–H and O–H groups in total. The van der Waals surface area contributed by atoms with Crippen LogP contribution < -0.4 is 5.32 Å². The SMILES string of the molecule is CN[C@@H](C)CCCc1cc(SC(F)(F)F)cc(C(C)C)c1. The quantitative estimate of drug-likeness (QED) is 0.680. The van der Waals surface area contributed by atoms with E-state index in [2.05, 4.69) is 12.2 Å². The standard InChI is InChI=1S/C16H24F3NS/c1-11(2)14-8-13(7-5-6-12(3)20-4)9-15(10-14)21-16(17,18)19/h8-12,20H,5-7H2,1-4H3/t12-/m0/s1. The number of halogens is 3. The summed E-state index contributed by atoms with van der Waals surface area (Å²) >= 11 is -0.0216. The highest BCUT2D eigenvalue weighted by molar-refractivity contribution is 8.00. The minimum Gasteiger partial charge on any atom is -0.317 e. The van der Waals surface area contributed by atoms with Crippen molar-refractivity contribution in [3.63, 3.8) is 0 Å². The largest absolute Gasteiger partial charge is 0.446 e. The first kappa shape index (κ1) is 18.4. The predicted octanol–water partition coefficient (Wildman–Crippen LogP) is 5.35. The van der Waals surface area contributed by atoms with E-state index >= 15 is 0 Å². The Morgan fingerprint density at radius 2 is 1.81 bits per heavy atom. The molecule has 0 spiro atoms. The molecule has 0 saturated carbocycles. The Balaban J connectivity index is 2.82. The van der Waals surface area contributed by atoms with E-state index in [0.29, 0.717) is 10.9 Å². The zero-order chi connectivity index (χ0) is 16.0. The van der Waals surface area contributed by atoms with Gasteiger partial charge in [-0.25, -0.2) is 0 Å². The highest BCUT2D eigenvalue weighted by atomic mass is 32.2. The third kappa shape index (κ3) is 7.23. The normalized spacial score (nSPS) is 13.7. The maximum Gasteiger partial charge on any atom is 0.446 e. The van der Waals surface area contributed by atoms with Crippen LogP contribution in [0.1, 0.15) is 50.7 Å². The maximum absolute atomic E-state index is 12.6.